The summed E-state index contributed by atoms with van der Waals surface area (Å²) in [5.41, 5.74) is 0. The first-order chi connectivity index (χ1) is 9.66. The van der Waals surface area contributed by atoms with Crippen LogP contribution in [0.3, 0.4) is 0 Å². The molecule has 0 heterocycles. The Morgan fingerprint density at radius 2 is 0.571 bits per heavy atom. The van der Waals surface area contributed by atoms with Gasteiger partial charge in [0.25, 0.3) is 0 Å². The molecule has 0 amide bonds. The van der Waals surface area contributed by atoms with Crippen molar-refractivity contribution >= 4 is 0 Å². The molecular weight excluding hydrogens is 352 g/mol. The van der Waals surface area contributed by atoms with E-state index in [4.69, 9.17) is 20.4 Å². The maximum absolute atomic E-state index is 8.07. The van der Waals surface area contributed by atoms with Gasteiger partial charge >= 0.3 is 0 Å². The van der Waals surface area contributed by atoms with Gasteiger partial charge in [-0.3, -0.25) is 0 Å². The fourth-order valence-electron chi connectivity index (χ4n) is 0.632. The van der Waals surface area contributed by atoms with Gasteiger partial charge in [-0.25, -0.2) is 0 Å². The first kappa shape index (κ1) is 33.2. The maximum Gasteiger partial charge on any atom is 0.0430 e. The molecule has 0 radical (unpaired) electrons. The molecule has 0 unspecified atom stereocenters. The zero-order chi connectivity index (χ0) is 16.5. The summed E-state index contributed by atoms with van der Waals surface area (Å²) in [4.78, 5) is 0. The zero-order valence-corrected chi connectivity index (χ0v) is 16.7. The SMILES string of the molecule is CCCCO.CCCCO.CCCCO.CCCCO.[Mo]. The van der Waals surface area contributed by atoms with E-state index in [0.29, 0.717) is 26.4 Å². The number of unbranched alkanes of at least 4 members (excludes halogenated alkanes) is 4. The molecule has 0 aliphatic carbocycles. The van der Waals surface area contributed by atoms with E-state index in [2.05, 4.69) is 27.7 Å². The summed E-state index contributed by atoms with van der Waals surface area (Å²) in [7, 11) is 0. The average Bonchev–Trinajstić information content (AvgIpc) is 2.44. The number of hydrogen-bond acceptors (Lipinski definition) is 4. The van der Waals surface area contributed by atoms with Crippen molar-refractivity contribution in [2.75, 3.05) is 26.4 Å². The number of aliphatic hydroxyl groups excluding tert-OH is 4. The monoisotopic (exact) mass is 394 g/mol. The molecule has 0 spiro atoms. The summed E-state index contributed by atoms with van der Waals surface area (Å²) in [5.74, 6) is 0. The van der Waals surface area contributed by atoms with Crippen LogP contribution in [0.5, 0.6) is 0 Å². The van der Waals surface area contributed by atoms with Crippen LogP contribution < -0.4 is 0 Å². The molecule has 0 saturated carbocycles. The smallest absolute Gasteiger partial charge is 0.0430 e. The molecule has 4 nitrogen and oxygen atoms in total. The predicted molar refractivity (Wildman–Crippen MR) is 88.0 cm³/mol. The molecule has 21 heavy (non-hydrogen) atoms. The van der Waals surface area contributed by atoms with Crippen LogP contribution in [-0.2, 0) is 21.1 Å². The van der Waals surface area contributed by atoms with Gasteiger partial charge in [-0.2, -0.15) is 0 Å². The zero-order valence-electron chi connectivity index (χ0n) is 14.7. The third-order valence-corrected chi connectivity index (χ3v) is 2.05. The molecule has 0 bridgehead atoms. The summed E-state index contributed by atoms with van der Waals surface area (Å²) in [5, 5.41) is 32.3. The molecule has 0 aromatic rings. The molecule has 5 heteroatoms. The van der Waals surface area contributed by atoms with Crippen LogP contribution in [0.1, 0.15) is 79.1 Å². The summed E-state index contributed by atoms with van der Waals surface area (Å²) < 4.78 is 0. The van der Waals surface area contributed by atoms with E-state index < -0.39 is 0 Å². The standard InChI is InChI=1S/4C4H10O.Mo/c4*1-2-3-4-5;/h4*5H,2-4H2,1H3;. The van der Waals surface area contributed by atoms with Gasteiger partial charge in [-0.15, -0.1) is 0 Å². The van der Waals surface area contributed by atoms with E-state index in [0.717, 1.165) is 51.4 Å². The molecule has 0 atom stereocenters. The molecule has 0 aromatic carbocycles. The molecule has 0 saturated heterocycles. The van der Waals surface area contributed by atoms with Gasteiger partial charge < -0.3 is 20.4 Å². The Morgan fingerprint density at radius 3 is 0.571 bits per heavy atom. The minimum atomic E-state index is 0. The Kier molecular flexibility index (Phi) is 78.9. The van der Waals surface area contributed by atoms with Crippen molar-refractivity contribution in [1.82, 2.24) is 0 Å². The largest absolute Gasteiger partial charge is 0.396 e. The maximum atomic E-state index is 8.07. The minimum absolute atomic E-state index is 0. The number of hydrogen-bond donors (Lipinski definition) is 4. The van der Waals surface area contributed by atoms with Crippen molar-refractivity contribution in [3.8, 4) is 0 Å². The normalized spacial score (nSPS) is 8.00. The molecule has 0 aliphatic rings. The van der Waals surface area contributed by atoms with E-state index in [1.807, 2.05) is 0 Å². The van der Waals surface area contributed by atoms with Gasteiger partial charge in [0.2, 0.25) is 0 Å². The first-order valence-electron chi connectivity index (χ1n) is 8.09. The second kappa shape index (κ2) is 49.9. The van der Waals surface area contributed by atoms with Crippen LogP contribution in [0.25, 0.3) is 0 Å². The van der Waals surface area contributed by atoms with Crippen molar-refractivity contribution < 1.29 is 41.5 Å². The third kappa shape index (κ3) is 96.9. The molecule has 0 rings (SSSR count). The van der Waals surface area contributed by atoms with E-state index >= 15 is 0 Å². The van der Waals surface area contributed by atoms with Crippen molar-refractivity contribution in [3.05, 3.63) is 0 Å². The topological polar surface area (TPSA) is 80.9 Å². The Labute approximate surface area is 147 Å². The van der Waals surface area contributed by atoms with Crippen LogP contribution >= 0.6 is 0 Å². The third-order valence-electron chi connectivity index (χ3n) is 2.05. The second-order valence-corrected chi connectivity index (χ2v) is 4.31. The van der Waals surface area contributed by atoms with E-state index in [1.165, 1.54) is 0 Å². The molecular formula is C16H40MoO4. The van der Waals surface area contributed by atoms with Crippen LogP contribution in [0.4, 0.5) is 0 Å². The van der Waals surface area contributed by atoms with Crippen LogP contribution in [0.15, 0.2) is 0 Å². The van der Waals surface area contributed by atoms with Gasteiger partial charge in [0.05, 0.1) is 0 Å². The van der Waals surface area contributed by atoms with Crippen molar-refractivity contribution in [1.29, 1.82) is 0 Å². The fraction of sp³-hybridized carbons (Fsp3) is 1.00. The quantitative estimate of drug-likeness (QED) is 0.479. The van der Waals surface area contributed by atoms with Gasteiger partial charge in [-0.1, -0.05) is 53.4 Å². The Morgan fingerprint density at radius 1 is 0.429 bits per heavy atom. The summed E-state index contributed by atoms with van der Waals surface area (Å²) in [6.45, 7) is 9.58. The van der Waals surface area contributed by atoms with Crippen molar-refractivity contribution in [3.63, 3.8) is 0 Å². The van der Waals surface area contributed by atoms with Gasteiger partial charge in [0.15, 0.2) is 0 Å². The van der Waals surface area contributed by atoms with E-state index in [1.54, 1.807) is 0 Å². The molecule has 134 valence electrons. The minimum Gasteiger partial charge on any atom is -0.396 e. The van der Waals surface area contributed by atoms with E-state index in [-0.39, 0.29) is 21.1 Å². The van der Waals surface area contributed by atoms with Crippen molar-refractivity contribution in [2.45, 2.75) is 79.1 Å². The number of rotatable bonds is 8. The van der Waals surface area contributed by atoms with Crippen LogP contribution in [0.2, 0.25) is 0 Å². The second-order valence-electron chi connectivity index (χ2n) is 4.31. The Bertz CT molecular complexity index is 74.3. The van der Waals surface area contributed by atoms with Crippen molar-refractivity contribution in [2.24, 2.45) is 0 Å². The van der Waals surface area contributed by atoms with Crippen LogP contribution in [-0.4, -0.2) is 46.9 Å². The number of aliphatic hydroxyl groups is 4. The Balaban J connectivity index is -0.0000000533. The van der Waals surface area contributed by atoms with Gasteiger partial charge in [-0.05, 0) is 25.7 Å². The fourth-order valence-corrected chi connectivity index (χ4v) is 0.632. The van der Waals surface area contributed by atoms with E-state index in [9.17, 15) is 0 Å². The Hall–Kier alpha value is 0.528. The molecule has 0 fully saturated rings. The molecule has 0 aromatic heterocycles. The van der Waals surface area contributed by atoms with Gasteiger partial charge in [0, 0.05) is 47.5 Å². The molecule has 0 aliphatic heterocycles. The van der Waals surface area contributed by atoms with Gasteiger partial charge in [0.1, 0.15) is 0 Å². The summed E-state index contributed by atoms with van der Waals surface area (Å²) >= 11 is 0. The summed E-state index contributed by atoms with van der Waals surface area (Å²) in [6.07, 6.45) is 8.15. The molecule has 4 N–H and O–H groups in total. The first-order valence-corrected chi connectivity index (χ1v) is 8.09. The predicted octanol–water partition coefficient (Wildman–Crippen LogP) is 3.11. The van der Waals surface area contributed by atoms with Crippen LogP contribution in [0, 0.1) is 0 Å². The average molecular weight is 392 g/mol. The summed E-state index contributed by atoms with van der Waals surface area (Å²) in [6, 6.07) is 0.